The molecule has 0 bridgehead atoms. The Bertz CT molecular complexity index is 548. The molecule has 0 amide bonds. The van der Waals surface area contributed by atoms with Gasteiger partial charge in [0.1, 0.15) is 5.82 Å². The van der Waals surface area contributed by atoms with Gasteiger partial charge in [0.15, 0.2) is 0 Å². The Labute approximate surface area is 113 Å². The van der Waals surface area contributed by atoms with E-state index in [2.05, 4.69) is 17.3 Å². The standard InChI is InChI=1S/C15H20FN3/c1-11(14-10-19(3)18-12(14)2)17-9-8-13-6-4-5-7-15(13)16/h4-7,10-11,17H,8-9H2,1-3H3. The van der Waals surface area contributed by atoms with Crippen LogP contribution in [-0.2, 0) is 13.5 Å². The van der Waals surface area contributed by atoms with Gasteiger partial charge in [0.05, 0.1) is 5.69 Å². The Hall–Kier alpha value is -1.68. The van der Waals surface area contributed by atoms with Crippen LogP contribution in [0.3, 0.4) is 0 Å². The number of rotatable bonds is 5. The molecule has 1 atom stereocenters. The second kappa shape index (κ2) is 5.97. The van der Waals surface area contributed by atoms with Crippen LogP contribution < -0.4 is 5.32 Å². The SMILES string of the molecule is Cc1nn(C)cc1C(C)NCCc1ccccc1F. The monoisotopic (exact) mass is 261 g/mol. The molecular weight excluding hydrogens is 241 g/mol. The molecule has 0 aliphatic carbocycles. The Balaban J connectivity index is 1.89. The first-order valence-corrected chi connectivity index (χ1v) is 6.55. The van der Waals surface area contributed by atoms with Crippen molar-refractivity contribution >= 4 is 0 Å². The van der Waals surface area contributed by atoms with E-state index < -0.39 is 0 Å². The summed E-state index contributed by atoms with van der Waals surface area (Å²) in [6, 6.07) is 7.14. The van der Waals surface area contributed by atoms with Crippen molar-refractivity contribution < 1.29 is 4.39 Å². The van der Waals surface area contributed by atoms with Crippen molar-refractivity contribution in [2.24, 2.45) is 7.05 Å². The number of halogens is 1. The minimum atomic E-state index is -0.130. The summed E-state index contributed by atoms with van der Waals surface area (Å²) in [7, 11) is 1.92. The molecule has 102 valence electrons. The summed E-state index contributed by atoms with van der Waals surface area (Å²) in [6.07, 6.45) is 2.71. The van der Waals surface area contributed by atoms with Gasteiger partial charge < -0.3 is 5.32 Å². The van der Waals surface area contributed by atoms with Crippen LogP contribution in [0.15, 0.2) is 30.5 Å². The Kier molecular flexibility index (Phi) is 4.32. The van der Waals surface area contributed by atoms with Gasteiger partial charge >= 0.3 is 0 Å². The third-order valence-electron chi connectivity index (χ3n) is 3.32. The predicted molar refractivity (Wildman–Crippen MR) is 74.5 cm³/mol. The number of benzene rings is 1. The number of nitrogens with zero attached hydrogens (tertiary/aromatic N) is 2. The van der Waals surface area contributed by atoms with Crippen molar-refractivity contribution in [1.29, 1.82) is 0 Å². The summed E-state index contributed by atoms with van der Waals surface area (Å²) >= 11 is 0. The average Bonchev–Trinajstić information content (AvgIpc) is 2.71. The lowest BCUT2D eigenvalue weighted by Gasteiger charge is -2.13. The van der Waals surface area contributed by atoms with Gasteiger partial charge in [0.25, 0.3) is 0 Å². The summed E-state index contributed by atoms with van der Waals surface area (Å²) in [4.78, 5) is 0. The zero-order chi connectivity index (χ0) is 13.8. The van der Waals surface area contributed by atoms with E-state index in [1.807, 2.05) is 37.0 Å². The normalized spacial score (nSPS) is 12.6. The number of aryl methyl sites for hydroxylation is 2. The van der Waals surface area contributed by atoms with Crippen molar-refractivity contribution in [1.82, 2.24) is 15.1 Å². The average molecular weight is 261 g/mol. The molecule has 2 rings (SSSR count). The predicted octanol–water partition coefficient (Wildman–Crippen LogP) is 2.76. The molecule has 0 fully saturated rings. The Morgan fingerprint density at radius 2 is 2.11 bits per heavy atom. The third kappa shape index (κ3) is 3.41. The maximum Gasteiger partial charge on any atom is 0.126 e. The van der Waals surface area contributed by atoms with Crippen molar-refractivity contribution in [3.8, 4) is 0 Å². The fraction of sp³-hybridized carbons (Fsp3) is 0.400. The zero-order valence-electron chi connectivity index (χ0n) is 11.7. The molecule has 4 heteroatoms. The largest absolute Gasteiger partial charge is 0.310 e. The molecule has 1 aromatic heterocycles. The summed E-state index contributed by atoms with van der Waals surface area (Å²) < 4.78 is 15.3. The molecule has 1 aromatic carbocycles. The fourth-order valence-corrected chi connectivity index (χ4v) is 2.28. The van der Waals surface area contributed by atoms with Crippen LogP contribution in [0.25, 0.3) is 0 Å². The van der Waals surface area contributed by atoms with Crippen LogP contribution >= 0.6 is 0 Å². The molecule has 0 saturated carbocycles. The molecule has 0 aliphatic rings. The topological polar surface area (TPSA) is 29.9 Å². The Morgan fingerprint density at radius 3 is 2.74 bits per heavy atom. The molecule has 1 unspecified atom stereocenters. The van der Waals surface area contributed by atoms with Gasteiger partial charge in [0, 0.05) is 24.8 Å². The molecule has 1 heterocycles. The van der Waals surface area contributed by atoms with Gasteiger partial charge in [-0.1, -0.05) is 18.2 Å². The molecule has 2 aromatic rings. The zero-order valence-corrected chi connectivity index (χ0v) is 11.7. The highest BCUT2D eigenvalue weighted by atomic mass is 19.1. The van der Waals surface area contributed by atoms with E-state index in [9.17, 15) is 4.39 Å². The summed E-state index contributed by atoms with van der Waals surface area (Å²) in [5.41, 5.74) is 2.98. The molecule has 1 N–H and O–H groups in total. The molecule has 0 aliphatic heterocycles. The second-order valence-corrected chi connectivity index (χ2v) is 4.86. The lowest BCUT2D eigenvalue weighted by atomic mass is 10.1. The van der Waals surface area contributed by atoms with E-state index in [4.69, 9.17) is 0 Å². The van der Waals surface area contributed by atoms with Crippen LogP contribution in [0.2, 0.25) is 0 Å². The van der Waals surface area contributed by atoms with Gasteiger partial charge in [-0.15, -0.1) is 0 Å². The molecule has 0 radical (unpaired) electrons. The van der Waals surface area contributed by atoms with Crippen LogP contribution in [0.4, 0.5) is 4.39 Å². The van der Waals surface area contributed by atoms with Crippen LogP contribution in [0.5, 0.6) is 0 Å². The van der Waals surface area contributed by atoms with Gasteiger partial charge in [0.2, 0.25) is 0 Å². The molecule has 19 heavy (non-hydrogen) atoms. The first-order valence-electron chi connectivity index (χ1n) is 6.55. The van der Waals surface area contributed by atoms with E-state index in [0.29, 0.717) is 6.42 Å². The number of hydrogen-bond acceptors (Lipinski definition) is 2. The van der Waals surface area contributed by atoms with E-state index in [0.717, 1.165) is 17.8 Å². The minimum absolute atomic E-state index is 0.130. The van der Waals surface area contributed by atoms with Gasteiger partial charge in [-0.05, 0) is 38.4 Å². The van der Waals surface area contributed by atoms with Crippen LogP contribution in [-0.4, -0.2) is 16.3 Å². The summed E-state index contributed by atoms with van der Waals surface area (Å²) in [5, 5.41) is 7.74. The lowest BCUT2D eigenvalue weighted by molar-refractivity contribution is 0.557. The molecular formula is C15H20FN3. The third-order valence-corrected chi connectivity index (χ3v) is 3.32. The molecule has 0 spiro atoms. The fourth-order valence-electron chi connectivity index (χ4n) is 2.28. The van der Waals surface area contributed by atoms with Crippen molar-refractivity contribution in [2.75, 3.05) is 6.54 Å². The first-order chi connectivity index (χ1) is 9.08. The highest BCUT2D eigenvalue weighted by Crippen LogP contribution is 2.15. The number of nitrogens with one attached hydrogen (secondary N) is 1. The van der Waals surface area contributed by atoms with Crippen molar-refractivity contribution in [3.63, 3.8) is 0 Å². The Morgan fingerprint density at radius 1 is 1.37 bits per heavy atom. The van der Waals surface area contributed by atoms with E-state index in [1.165, 1.54) is 11.6 Å². The van der Waals surface area contributed by atoms with Crippen molar-refractivity contribution in [2.45, 2.75) is 26.3 Å². The number of hydrogen-bond donors (Lipinski definition) is 1. The van der Waals surface area contributed by atoms with Gasteiger partial charge in [-0.25, -0.2) is 4.39 Å². The quantitative estimate of drug-likeness (QED) is 0.897. The number of aromatic nitrogens is 2. The first kappa shape index (κ1) is 13.7. The molecule has 3 nitrogen and oxygen atoms in total. The van der Waals surface area contributed by atoms with Crippen molar-refractivity contribution in [3.05, 3.63) is 53.1 Å². The maximum absolute atomic E-state index is 13.5. The highest BCUT2D eigenvalue weighted by molar-refractivity contribution is 5.20. The highest BCUT2D eigenvalue weighted by Gasteiger charge is 2.11. The van der Waals surface area contributed by atoms with Crippen LogP contribution in [0, 0.1) is 12.7 Å². The molecule has 0 saturated heterocycles. The second-order valence-electron chi connectivity index (χ2n) is 4.86. The summed E-state index contributed by atoms with van der Waals surface area (Å²) in [6.45, 7) is 4.85. The van der Waals surface area contributed by atoms with Gasteiger partial charge in [-0.2, -0.15) is 5.10 Å². The lowest BCUT2D eigenvalue weighted by Crippen LogP contribution is -2.22. The van der Waals surface area contributed by atoms with E-state index >= 15 is 0 Å². The minimum Gasteiger partial charge on any atom is -0.310 e. The van der Waals surface area contributed by atoms with Crippen LogP contribution in [0.1, 0.15) is 29.8 Å². The summed E-state index contributed by atoms with van der Waals surface area (Å²) in [5.74, 6) is -0.130. The smallest absolute Gasteiger partial charge is 0.126 e. The van der Waals surface area contributed by atoms with Gasteiger partial charge in [-0.3, -0.25) is 4.68 Å². The maximum atomic E-state index is 13.5. The van der Waals surface area contributed by atoms with E-state index in [1.54, 1.807) is 6.07 Å². The van der Waals surface area contributed by atoms with E-state index in [-0.39, 0.29) is 11.9 Å².